The SMILES string of the molecule is COCc1c(C(=O)N[C@H]2C[C@H]3CN(C)CCN3C2)noc1C. The van der Waals surface area contributed by atoms with Crippen LogP contribution >= 0.6 is 0 Å². The Hall–Kier alpha value is -1.44. The van der Waals surface area contributed by atoms with Crippen molar-refractivity contribution in [1.29, 1.82) is 0 Å². The number of hydrogen-bond donors (Lipinski definition) is 1. The highest BCUT2D eigenvalue weighted by atomic mass is 16.5. The van der Waals surface area contributed by atoms with Gasteiger partial charge in [0.15, 0.2) is 5.69 Å². The van der Waals surface area contributed by atoms with E-state index in [2.05, 4.69) is 27.3 Å². The van der Waals surface area contributed by atoms with Crippen LogP contribution in [0.1, 0.15) is 28.2 Å². The smallest absolute Gasteiger partial charge is 0.274 e. The molecule has 2 fully saturated rings. The molecule has 7 heteroatoms. The van der Waals surface area contributed by atoms with Crippen molar-refractivity contribution < 1.29 is 14.1 Å². The summed E-state index contributed by atoms with van der Waals surface area (Å²) < 4.78 is 10.3. The van der Waals surface area contributed by atoms with Crippen molar-refractivity contribution in [2.75, 3.05) is 40.3 Å². The number of aromatic nitrogens is 1. The Kier molecular flexibility index (Phi) is 4.46. The van der Waals surface area contributed by atoms with E-state index in [0.29, 0.717) is 24.1 Å². The summed E-state index contributed by atoms with van der Waals surface area (Å²) in [6, 6.07) is 0.720. The Labute approximate surface area is 130 Å². The standard InChI is InChI=1S/C15H24N4O3/c1-10-13(9-21-3)14(17-22-10)15(20)16-11-6-12-8-18(2)4-5-19(12)7-11/h11-12H,4-9H2,1-3H3,(H,16,20)/t11-,12-/m0/s1. The maximum atomic E-state index is 12.5. The van der Waals surface area contributed by atoms with Gasteiger partial charge >= 0.3 is 0 Å². The molecule has 2 atom stereocenters. The maximum Gasteiger partial charge on any atom is 0.274 e. The molecular weight excluding hydrogens is 284 g/mol. The zero-order valence-electron chi connectivity index (χ0n) is 13.5. The second-order valence-electron chi connectivity index (χ2n) is 6.32. The number of rotatable bonds is 4. The number of carbonyl (C=O) groups is 1. The second-order valence-corrected chi connectivity index (χ2v) is 6.32. The van der Waals surface area contributed by atoms with Gasteiger partial charge in [-0.05, 0) is 20.4 Å². The van der Waals surface area contributed by atoms with Crippen LogP contribution in [0, 0.1) is 6.92 Å². The maximum absolute atomic E-state index is 12.5. The van der Waals surface area contributed by atoms with Gasteiger partial charge in [-0.3, -0.25) is 9.69 Å². The average molecular weight is 308 g/mol. The fourth-order valence-corrected chi connectivity index (χ4v) is 3.44. The predicted molar refractivity (Wildman–Crippen MR) is 80.7 cm³/mol. The summed E-state index contributed by atoms with van der Waals surface area (Å²) in [4.78, 5) is 17.3. The fourth-order valence-electron chi connectivity index (χ4n) is 3.44. The van der Waals surface area contributed by atoms with Gasteiger partial charge in [0.25, 0.3) is 5.91 Å². The van der Waals surface area contributed by atoms with Gasteiger partial charge in [-0.25, -0.2) is 0 Å². The third-order valence-electron chi connectivity index (χ3n) is 4.64. The number of hydrogen-bond acceptors (Lipinski definition) is 6. The van der Waals surface area contributed by atoms with Gasteiger partial charge in [-0.1, -0.05) is 5.16 Å². The molecule has 2 aliphatic rings. The first kappa shape index (κ1) is 15.5. The molecule has 1 N–H and O–H groups in total. The number of aryl methyl sites for hydroxylation is 1. The lowest BCUT2D eigenvalue weighted by molar-refractivity contribution is 0.0923. The molecule has 3 heterocycles. The molecule has 1 aromatic rings. The second kappa shape index (κ2) is 6.36. The zero-order chi connectivity index (χ0) is 15.7. The molecule has 2 saturated heterocycles. The molecule has 0 bridgehead atoms. The number of amides is 1. The van der Waals surface area contributed by atoms with Gasteiger partial charge in [0.2, 0.25) is 0 Å². The summed E-state index contributed by atoms with van der Waals surface area (Å²) in [6.07, 6.45) is 0.993. The summed E-state index contributed by atoms with van der Waals surface area (Å²) in [5.41, 5.74) is 1.08. The summed E-state index contributed by atoms with van der Waals surface area (Å²) in [5.74, 6) is 0.472. The summed E-state index contributed by atoms with van der Waals surface area (Å²) in [7, 11) is 3.75. The van der Waals surface area contributed by atoms with Crippen molar-refractivity contribution in [1.82, 2.24) is 20.3 Å². The largest absolute Gasteiger partial charge is 0.380 e. The van der Waals surface area contributed by atoms with Crippen LogP contribution in [-0.2, 0) is 11.3 Å². The number of fused-ring (bicyclic) bond motifs is 1. The molecule has 22 heavy (non-hydrogen) atoms. The summed E-state index contributed by atoms with van der Waals surface area (Å²) in [5, 5.41) is 6.99. The van der Waals surface area contributed by atoms with Crippen LogP contribution in [0.4, 0.5) is 0 Å². The number of ether oxygens (including phenoxy) is 1. The lowest BCUT2D eigenvalue weighted by atomic mass is 10.1. The Balaban J connectivity index is 1.63. The van der Waals surface area contributed by atoms with Gasteiger partial charge < -0.3 is 19.5 Å². The number of nitrogens with zero attached hydrogens (tertiary/aromatic N) is 3. The molecule has 7 nitrogen and oxygen atoms in total. The first-order valence-electron chi connectivity index (χ1n) is 7.76. The Morgan fingerprint density at radius 2 is 2.27 bits per heavy atom. The Morgan fingerprint density at radius 3 is 3.05 bits per heavy atom. The monoisotopic (exact) mass is 308 g/mol. The van der Waals surface area contributed by atoms with E-state index in [1.54, 1.807) is 14.0 Å². The molecule has 1 aromatic heterocycles. The first-order valence-corrected chi connectivity index (χ1v) is 7.76. The average Bonchev–Trinajstić information content (AvgIpc) is 3.03. The minimum absolute atomic E-state index is 0.165. The minimum Gasteiger partial charge on any atom is -0.380 e. The fraction of sp³-hybridized carbons (Fsp3) is 0.733. The number of nitrogens with one attached hydrogen (secondary N) is 1. The van der Waals surface area contributed by atoms with E-state index >= 15 is 0 Å². The lowest BCUT2D eigenvalue weighted by Gasteiger charge is -2.34. The zero-order valence-corrected chi connectivity index (χ0v) is 13.5. The molecule has 122 valence electrons. The van der Waals surface area contributed by atoms with Crippen LogP contribution in [-0.4, -0.2) is 73.3 Å². The van der Waals surface area contributed by atoms with E-state index in [1.807, 2.05) is 0 Å². The van der Waals surface area contributed by atoms with Gasteiger partial charge in [-0.15, -0.1) is 0 Å². The molecular formula is C15H24N4O3. The van der Waals surface area contributed by atoms with E-state index in [1.165, 1.54) is 0 Å². The van der Waals surface area contributed by atoms with Crippen molar-refractivity contribution in [3.63, 3.8) is 0 Å². The molecule has 2 aliphatic heterocycles. The Bertz CT molecular complexity index is 545. The van der Waals surface area contributed by atoms with E-state index in [4.69, 9.17) is 9.26 Å². The first-order chi connectivity index (χ1) is 10.6. The molecule has 0 saturated carbocycles. The molecule has 0 aliphatic carbocycles. The highest BCUT2D eigenvalue weighted by Crippen LogP contribution is 2.22. The lowest BCUT2D eigenvalue weighted by Crippen LogP contribution is -2.48. The van der Waals surface area contributed by atoms with Gasteiger partial charge in [0.1, 0.15) is 5.76 Å². The summed E-state index contributed by atoms with van der Waals surface area (Å²) in [6.45, 7) is 6.29. The Morgan fingerprint density at radius 1 is 1.45 bits per heavy atom. The number of carbonyl (C=O) groups excluding carboxylic acids is 1. The molecule has 1 amide bonds. The summed E-state index contributed by atoms with van der Waals surface area (Å²) >= 11 is 0. The highest BCUT2D eigenvalue weighted by molar-refractivity contribution is 5.94. The van der Waals surface area contributed by atoms with E-state index in [0.717, 1.165) is 38.2 Å². The van der Waals surface area contributed by atoms with Gasteiger partial charge in [0.05, 0.1) is 12.2 Å². The van der Waals surface area contributed by atoms with Crippen molar-refractivity contribution >= 4 is 5.91 Å². The van der Waals surface area contributed by atoms with Crippen molar-refractivity contribution in [2.24, 2.45) is 0 Å². The number of methoxy groups -OCH3 is 1. The van der Waals surface area contributed by atoms with Crippen molar-refractivity contribution in [3.05, 3.63) is 17.0 Å². The number of likely N-dealkylation sites (N-methyl/N-ethyl adjacent to an activating group) is 1. The van der Waals surface area contributed by atoms with Crippen LogP contribution in [0.5, 0.6) is 0 Å². The van der Waals surface area contributed by atoms with Crippen LogP contribution in [0.3, 0.4) is 0 Å². The van der Waals surface area contributed by atoms with E-state index < -0.39 is 0 Å². The predicted octanol–water partition coefficient (Wildman–Crippen LogP) is 0.248. The number of piperazine rings is 1. The van der Waals surface area contributed by atoms with E-state index in [9.17, 15) is 4.79 Å². The third-order valence-corrected chi connectivity index (χ3v) is 4.64. The van der Waals surface area contributed by atoms with Crippen LogP contribution in [0.15, 0.2) is 4.52 Å². The van der Waals surface area contributed by atoms with Crippen molar-refractivity contribution in [2.45, 2.75) is 32.0 Å². The van der Waals surface area contributed by atoms with Gasteiger partial charge in [-0.2, -0.15) is 0 Å². The molecule has 3 rings (SSSR count). The van der Waals surface area contributed by atoms with Crippen LogP contribution in [0.2, 0.25) is 0 Å². The van der Waals surface area contributed by atoms with Crippen molar-refractivity contribution in [3.8, 4) is 0 Å². The molecule has 0 spiro atoms. The topological polar surface area (TPSA) is 70.8 Å². The highest BCUT2D eigenvalue weighted by Gasteiger charge is 2.36. The van der Waals surface area contributed by atoms with Gasteiger partial charge in [0, 0.05) is 45.4 Å². The van der Waals surface area contributed by atoms with Crippen LogP contribution < -0.4 is 5.32 Å². The van der Waals surface area contributed by atoms with E-state index in [-0.39, 0.29) is 11.9 Å². The molecule has 0 aromatic carbocycles. The minimum atomic E-state index is -0.165. The molecule has 0 radical (unpaired) electrons. The quantitative estimate of drug-likeness (QED) is 0.860. The normalized spacial score (nSPS) is 26.1. The molecule has 0 unspecified atom stereocenters. The third kappa shape index (κ3) is 3.02. The van der Waals surface area contributed by atoms with Crippen LogP contribution in [0.25, 0.3) is 0 Å².